The molecule has 1 aliphatic carbocycles. The van der Waals surface area contributed by atoms with Crippen molar-refractivity contribution in [2.45, 2.75) is 57.4 Å². The first-order valence-electron chi connectivity index (χ1n) is 10.6. The summed E-state index contributed by atoms with van der Waals surface area (Å²) in [4.78, 5) is 27.3. The maximum absolute atomic E-state index is 13.2. The van der Waals surface area contributed by atoms with Gasteiger partial charge in [0.2, 0.25) is 11.8 Å². The summed E-state index contributed by atoms with van der Waals surface area (Å²) in [7, 11) is 0. The van der Waals surface area contributed by atoms with Crippen molar-refractivity contribution < 1.29 is 14.8 Å². The molecular weight excluding hydrogens is 354 g/mol. The number of benzene rings is 1. The van der Waals surface area contributed by atoms with E-state index in [1.807, 2.05) is 4.90 Å². The van der Waals surface area contributed by atoms with Gasteiger partial charge in [0.25, 0.3) is 0 Å². The van der Waals surface area contributed by atoms with Crippen LogP contribution in [0.4, 0.5) is 0 Å². The van der Waals surface area contributed by atoms with Crippen LogP contribution in [0.15, 0.2) is 24.3 Å². The molecular formula is C22H31N3O3. The van der Waals surface area contributed by atoms with Gasteiger partial charge in [-0.2, -0.15) is 0 Å². The molecule has 2 amide bonds. The lowest BCUT2D eigenvalue weighted by molar-refractivity contribution is -0.145. The molecule has 3 N–H and O–H groups in total. The molecule has 0 aromatic heterocycles. The van der Waals surface area contributed by atoms with Gasteiger partial charge in [-0.15, -0.1) is 0 Å². The van der Waals surface area contributed by atoms with Crippen LogP contribution in [0, 0.1) is 11.3 Å². The number of nitrogens with one attached hydrogen (secondary N) is 2. The van der Waals surface area contributed by atoms with Crippen molar-refractivity contribution in [2.24, 2.45) is 11.3 Å². The summed E-state index contributed by atoms with van der Waals surface area (Å²) in [5, 5.41) is 12.5. The zero-order chi connectivity index (χ0) is 19.7. The second kappa shape index (κ2) is 7.84. The lowest BCUT2D eigenvalue weighted by Gasteiger charge is -2.40. The smallest absolute Gasteiger partial charge is 0.248 e. The highest BCUT2D eigenvalue weighted by Gasteiger charge is 2.52. The third-order valence-corrected chi connectivity index (χ3v) is 7.10. The average molecular weight is 386 g/mol. The molecule has 1 aromatic rings. The predicted octanol–water partition coefficient (Wildman–Crippen LogP) is 2.22. The highest BCUT2D eigenvalue weighted by Crippen LogP contribution is 2.52. The normalized spacial score (nSPS) is 26.9. The van der Waals surface area contributed by atoms with Gasteiger partial charge in [-0.1, -0.05) is 31.2 Å². The van der Waals surface area contributed by atoms with Gasteiger partial charge in [-0.3, -0.25) is 14.8 Å². The first kappa shape index (κ1) is 19.4. The molecule has 2 heterocycles. The van der Waals surface area contributed by atoms with Gasteiger partial charge in [0.05, 0.1) is 12.0 Å². The van der Waals surface area contributed by atoms with E-state index in [2.05, 4.69) is 36.5 Å². The van der Waals surface area contributed by atoms with E-state index in [-0.39, 0.29) is 11.3 Å². The van der Waals surface area contributed by atoms with Crippen molar-refractivity contribution in [3.8, 4) is 0 Å². The van der Waals surface area contributed by atoms with Crippen molar-refractivity contribution in [2.75, 3.05) is 19.6 Å². The highest BCUT2D eigenvalue weighted by molar-refractivity contribution is 5.90. The second-order valence-electron chi connectivity index (χ2n) is 8.80. The molecule has 152 valence electrons. The van der Waals surface area contributed by atoms with Gasteiger partial charge in [-0.25, -0.2) is 5.48 Å². The van der Waals surface area contributed by atoms with E-state index >= 15 is 0 Å². The summed E-state index contributed by atoms with van der Waals surface area (Å²) in [5.41, 5.74) is 4.75. The lowest BCUT2D eigenvalue weighted by Crippen LogP contribution is -2.59. The molecule has 2 aliphatic heterocycles. The number of aryl methyl sites for hydroxylation is 1. The molecule has 4 rings (SSSR count). The van der Waals surface area contributed by atoms with Crippen molar-refractivity contribution in [3.05, 3.63) is 35.4 Å². The molecule has 3 aliphatic rings. The van der Waals surface area contributed by atoms with Crippen molar-refractivity contribution in [1.82, 2.24) is 15.7 Å². The van der Waals surface area contributed by atoms with E-state index in [0.717, 1.165) is 51.7 Å². The van der Waals surface area contributed by atoms with Gasteiger partial charge in [0.1, 0.15) is 0 Å². The molecule has 6 heteroatoms. The first-order valence-corrected chi connectivity index (χ1v) is 10.6. The summed E-state index contributed by atoms with van der Waals surface area (Å²) in [5.74, 6) is -0.437. The standard InChI is InChI=1S/C22H31N3O3/c1-2-15-5-3-4-6-17(15)16-7-11-25(12-8-16)21(27)19-18(20(26)24-28)13-22(9-10-22)14-23-19/h3-6,16,18-19,23,28H,2,7-14H2,1H3,(H,24,26)/t18?,19-/m0/s1. The quantitative estimate of drug-likeness (QED) is 0.548. The van der Waals surface area contributed by atoms with Crippen molar-refractivity contribution in [3.63, 3.8) is 0 Å². The van der Waals surface area contributed by atoms with Crippen LogP contribution in [0.3, 0.4) is 0 Å². The number of hydroxylamine groups is 1. The minimum Gasteiger partial charge on any atom is -0.341 e. The largest absolute Gasteiger partial charge is 0.341 e. The molecule has 6 nitrogen and oxygen atoms in total. The number of hydrogen-bond acceptors (Lipinski definition) is 4. The Balaban J connectivity index is 1.41. The van der Waals surface area contributed by atoms with Gasteiger partial charge in [-0.05, 0) is 61.0 Å². The second-order valence-corrected chi connectivity index (χ2v) is 8.80. The third kappa shape index (κ3) is 3.67. The molecule has 0 radical (unpaired) electrons. The van der Waals surface area contributed by atoms with E-state index in [0.29, 0.717) is 12.3 Å². The molecule has 0 bridgehead atoms. The summed E-state index contributed by atoms with van der Waals surface area (Å²) in [6, 6.07) is 8.08. The van der Waals surface area contributed by atoms with E-state index in [4.69, 9.17) is 5.21 Å². The number of carbonyl (C=O) groups excluding carboxylic acids is 2. The number of nitrogens with zero attached hydrogens (tertiary/aromatic N) is 1. The Morgan fingerprint density at radius 1 is 1.25 bits per heavy atom. The number of carbonyl (C=O) groups is 2. The molecule has 1 saturated carbocycles. The number of hydrogen-bond donors (Lipinski definition) is 3. The molecule has 1 aromatic carbocycles. The lowest BCUT2D eigenvalue weighted by atomic mass is 9.80. The number of amides is 2. The van der Waals surface area contributed by atoms with Crippen LogP contribution in [-0.2, 0) is 16.0 Å². The monoisotopic (exact) mass is 385 g/mol. The first-order chi connectivity index (χ1) is 13.6. The van der Waals surface area contributed by atoms with E-state index in [9.17, 15) is 9.59 Å². The summed E-state index contributed by atoms with van der Waals surface area (Å²) in [6.45, 7) is 4.42. The minimum atomic E-state index is -0.530. The summed E-state index contributed by atoms with van der Waals surface area (Å²) in [6.07, 6.45) is 5.81. The zero-order valence-electron chi connectivity index (χ0n) is 16.6. The predicted molar refractivity (Wildman–Crippen MR) is 106 cm³/mol. The molecule has 1 unspecified atom stereocenters. The Morgan fingerprint density at radius 3 is 2.61 bits per heavy atom. The molecule has 28 heavy (non-hydrogen) atoms. The molecule has 2 atom stereocenters. The van der Waals surface area contributed by atoms with Crippen LogP contribution in [0.1, 0.15) is 56.1 Å². The van der Waals surface area contributed by atoms with E-state index in [1.54, 1.807) is 5.48 Å². The van der Waals surface area contributed by atoms with Gasteiger partial charge in [0.15, 0.2) is 0 Å². The maximum Gasteiger partial charge on any atom is 0.248 e. The summed E-state index contributed by atoms with van der Waals surface area (Å²) < 4.78 is 0. The molecule has 2 saturated heterocycles. The fourth-order valence-corrected chi connectivity index (χ4v) is 5.13. The number of rotatable bonds is 4. The maximum atomic E-state index is 13.2. The number of likely N-dealkylation sites (tertiary alicyclic amines) is 1. The Hall–Kier alpha value is -1.92. The van der Waals surface area contributed by atoms with Crippen LogP contribution in [-0.4, -0.2) is 47.6 Å². The van der Waals surface area contributed by atoms with Crippen molar-refractivity contribution >= 4 is 11.8 Å². The Morgan fingerprint density at radius 2 is 1.96 bits per heavy atom. The Kier molecular flexibility index (Phi) is 5.43. The highest BCUT2D eigenvalue weighted by atomic mass is 16.5. The number of piperidine rings is 2. The van der Waals surface area contributed by atoms with Gasteiger partial charge >= 0.3 is 0 Å². The topological polar surface area (TPSA) is 81.7 Å². The van der Waals surface area contributed by atoms with Crippen LogP contribution < -0.4 is 10.8 Å². The van der Waals surface area contributed by atoms with Gasteiger partial charge < -0.3 is 10.2 Å². The fourth-order valence-electron chi connectivity index (χ4n) is 5.13. The van der Waals surface area contributed by atoms with Crippen LogP contribution in [0.5, 0.6) is 0 Å². The third-order valence-electron chi connectivity index (χ3n) is 7.10. The SMILES string of the molecule is CCc1ccccc1C1CCN(C(=O)[C@H]2NCC3(CC3)CC2C(=O)NO)CC1. The summed E-state index contributed by atoms with van der Waals surface area (Å²) >= 11 is 0. The van der Waals surface area contributed by atoms with Gasteiger partial charge in [0, 0.05) is 19.6 Å². The van der Waals surface area contributed by atoms with E-state index < -0.39 is 17.9 Å². The molecule has 3 fully saturated rings. The van der Waals surface area contributed by atoms with Crippen LogP contribution in [0.2, 0.25) is 0 Å². The minimum absolute atomic E-state index is 0.00586. The van der Waals surface area contributed by atoms with Crippen LogP contribution >= 0.6 is 0 Å². The molecule has 1 spiro atoms. The Labute approximate surface area is 166 Å². The van der Waals surface area contributed by atoms with Crippen LogP contribution in [0.25, 0.3) is 0 Å². The zero-order valence-corrected chi connectivity index (χ0v) is 16.6. The fraction of sp³-hybridized carbons (Fsp3) is 0.636. The average Bonchev–Trinajstić information content (AvgIpc) is 3.51. The van der Waals surface area contributed by atoms with E-state index in [1.165, 1.54) is 11.1 Å². The Bertz CT molecular complexity index is 738. The van der Waals surface area contributed by atoms with Crippen molar-refractivity contribution in [1.29, 1.82) is 0 Å².